The van der Waals surface area contributed by atoms with E-state index in [9.17, 15) is 0 Å². The minimum absolute atomic E-state index is 0. The molecule has 0 aromatic heterocycles. The van der Waals surface area contributed by atoms with E-state index in [1.807, 2.05) is 30.3 Å². The molecule has 0 spiro atoms. The molecule has 0 saturated heterocycles. The van der Waals surface area contributed by atoms with E-state index in [1.54, 1.807) is 0 Å². The summed E-state index contributed by atoms with van der Waals surface area (Å²) in [6, 6.07) is 24.0. The van der Waals surface area contributed by atoms with Gasteiger partial charge in [-0.3, -0.25) is 0 Å². The second-order valence-electron chi connectivity index (χ2n) is 8.50. The molecular formula is C32H36Cl2Ti. The second-order valence-corrected chi connectivity index (χ2v) is 9.31. The van der Waals surface area contributed by atoms with Gasteiger partial charge in [0.15, 0.2) is 0 Å². The number of benzene rings is 3. The van der Waals surface area contributed by atoms with E-state index in [2.05, 4.69) is 77.9 Å². The Morgan fingerprint density at radius 3 is 2.06 bits per heavy atom. The van der Waals surface area contributed by atoms with E-state index in [-0.39, 0.29) is 21.7 Å². The number of fused-ring (bicyclic) bond motifs is 4. The molecule has 0 aliphatic heterocycles. The summed E-state index contributed by atoms with van der Waals surface area (Å²) in [5.41, 5.74) is 8.21. The van der Waals surface area contributed by atoms with Crippen LogP contribution in [-0.2, 0) is 28.1 Å². The van der Waals surface area contributed by atoms with Crippen LogP contribution in [-0.4, -0.2) is 0 Å². The molecule has 0 radical (unpaired) electrons. The van der Waals surface area contributed by atoms with E-state index in [1.165, 1.54) is 46.2 Å². The van der Waals surface area contributed by atoms with Gasteiger partial charge in [0.1, 0.15) is 0 Å². The first kappa shape index (κ1) is 31.6. The van der Waals surface area contributed by atoms with Gasteiger partial charge in [-0.1, -0.05) is 92.2 Å². The van der Waals surface area contributed by atoms with Gasteiger partial charge in [-0.2, -0.15) is 54.3 Å². The van der Waals surface area contributed by atoms with Crippen molar-refractivity contribution < 1.29 is 21.7 Å². The summed E-state index contributed by atoms with van der Waals surface area (Å²) in [7, 11) is 0. The third-order valence-electron chi connectivity index (χ3n) is 5.51. The zero-order chi connectivity index (χ0) is 25.1. The molecule has 0 amide bonds. The first-order valence-electron chi connectivity index (χ1n) is 12.0. The fourth-order valence-electron chi connectivity index (χ4n) is 3.47. The molecule has 4 aromatic rings. The molecule has 1 aliphatic rings. The number of halogens is 2. The number of rotatable bonds is 2. The van der Waals surface area contributed by atoms with Crippen molar-refractivity contribution in [1.82, 2.24) is 0 Å². The molecule has 0 atom stereocenters. The van der Waals surface area contributed by atoms with Crippen LogP contribution < -0.4 is 0 Å². The van der Waals surface area contributed by atoms with Crippen LogP contribution in [0, 0.1) is 33.8 Å². The largest absolute Gasteiger partial charge is 4.00 e. The first-order valence-corrected chi connectivity index (χ1v) is 12.8. The van der Waals surface area contributed by atoms with Crippen LogP contribution in [0.2, 0.25) is 10.0 Å². The normalized spacial score (nSPS) is 10.4. The summed E-state index contributed by atoms with van der Waals surface area (Å²) in [6.07, 6.45) is 5.60. The predicted octanol–water partition coefficient (Wildman–Crippen LogP) is 10.8. The SMILES string of the molecule is Cc1c[c-]c2c(c1)-c1cc(C)ccc1C2.Clc1ccc(Cl)c2[cH-]ccc12.[CH2-]CCC.[CH2-]CCC.[Ti+4]. The van der Waals surface area contributed by atoms with Crippen LogP contribution >= 0.6 is 23.2 Å². The van der Waals surface area contributed by atoms with Crippen LogP contribution in [0.4, 0.5) is 0 Å². The summed E-state index contributed by atoms with van der Waals surface area (Å²) in [6.45, 7) is 15.7. The average molecular weight is 539 g/mol. The minimum atomic E-state index is 0. The Kier molecular flexibility index (Phi) is 14.7. The van der Waals surface area contributed by atoms with Crippen LogP contribution in [0.25, 0.3) is 21.9 Å². The number of aryl methyl sites for hydroxylation is 2. The summed E-state index contributed by atoms with van der Waals surface area (Å²) in [4.78, 5) is 0. The molecule has 0 heterocycles. The Balaban J connectivity index is 0.000000270. The van der Waals surface area contributed by atoms with Gasteiger partial charge in [-0.25, -0.2) is 0 Å². The number of hydrogen-bond donors (Lipinski definition) is 0. The molecule has 3 heteroatoms. The van der Waals surface area contributed by atoms with Gasteiger partial charge in [0.05, 0.1) is 0 Å². The maximum absolute atomic E-state index is 5.91. The Bertz CT molecular complexity index is 1080. The Labute approximate surface area is 238 Å². The summed E-state index contributed by atoms with van der Waals surface area (Å²) >= 11 is 11.8. The maximum Gasteiger partial charge on any atom is 4.00 e. The van der Waals surface area contributed by atoms with Crippen molar-refractivity contribution in [1.29, 1.82) is 0 Å². The summed E-state index contributed by atoms with van der Waals surface area (Å²) < 4.78 is 0. The van der Waals surface area contributed by atoms with Gasteiger partial charge in [0, 0.05) is 0 Å². The summed E-state index contributed by atoms with van der Waals surface area (Å²) in [5, 5.41) is 3.57. The molecule has 0 bridgehead atoms. The molecule has 182 valence electrons. The van der Waals surface area contributed by atoms with Crippen LogP contribution in [0.1, 0.15) is 61.8 Å². The molecule has 0 nitrogen and oxygen atoms in total. The van der Waals surface area contributed by atoms with Gasteiger partial charge in [-0.05, 0) is 23.4 Å². The maximum atomic E-state index is 5.91. The summed E-state index contributed by atoms with van der Waals surface area (Å²) in [5.74, 6) is 0. The van der Waals surface area contributed by atoms with Crippen molar-refractivity contribution in [2.24, 2.45) is 0 Å². The monoisotopic (exact) mass is 538 g/mol. The molecule has 0 fully saturated rings. The zero-order valence-corrected chi connectivity index (χ0v) is 24.6. The van der Waals surface area contributed by atoms with Gasteiger partial charge >= 0.3 is 21.7 Å². The van der Waals surface area contributed by atoms with Crippen molar-refractivity contribution in [2.45, 2.75) is 59.8 Å². The van der Waals surface area contributed by atoms with Crippen molar-refractivity contribution in [2.75, 3.05) is 0 Å². The molecule has 0 unspecified atom stereocenters. The third kappa shape index (κ3) is 9.18. The molecule has 0 saturated carbocycles. The molecule has 1 aliphatic carbocycles. The van der Waals surface area contributed by atoms with Crippen molar-refractivity contribution in [3.8, 4) is 11.1 Å². The Morgan fingerprint density at radius 1 is 0.857 bits per heavy atom. The van der Waals surface area contributed by atoms with Gasteiger partial charge in [-0.15, -0.1) is 34.0 Å². The second kappa shape index (κ2) is 16.3. The zero-order valence-electron chi connectivity index (χ0n) is 21.5. The molecule has 0 N–H and O–H groups in total. The predicted molar refractivity (Wildman–Crippen MR) is 153 cm³/mol. The molecule has 5 rings (SSSR count). The quantitative estimate of drug-likeness (QED) is 0.155. The fourth-order valence-corrected chi connectivity index (χ4v) is 3.93. The smallest absolute Gasteiger partial charge is 0.343 e. The van der Waals surface area contributed by atoms with Crippen LogP contribution in [0.5, 0.6) is 0 Å². The van der Waals surface area contributed by atoms with Crippen molar-refractivity contribution in [3.05, 3.63) is 113 Å². The van der Waals surface area contributed by atoms with Crippen LogP contribution in [0.3, 0.4) is 0 Å². The van der Waals surface area contributed by atoms with Crippen LogP contribution in [0.15, 0.2) is 60.7 Å². The van der Waals surface area contributed by atoms with Gasteiger partial charge in [0.2, 0.25) is 0 Å². The minimum Gasteiger partial charge on any atom is -0.343 e. The molecule has 35 heavy (non-hydrogen) atoms. The van der Waals surface area contributed by atoms with E-state index >= 15 is 0 Å². The molecule has 4 aromatic carbocycles. The Hall–Kier alpha value is -1.44. The van der Waals surface area contributed by atoms with E-state index < -0.39 is 0 Å². The van der Waals surface area contributed by atoms with E-state index in [4.69, 9.17) is 23.2 Å². The van der Waals surface area contributed by atoms with E-state index in [0.29, 0.717) is 0 Å². The standard InChI is InChI=1S/C15H13.C9H5Cl2.2C4H9.Ti/c1-10-3-5-12-9-13-6-4-11(2)8-15(13)14(12)7-10;10-8-4-5-9(11)7-3-1-2-6(7)8;2*1-3-4-2;/h3-5,7-8H,9H2,1-2H3;1-5H;2*1,3-4H2,2H3;/q4*-1;+4. The Morgan fingerprint density at radius 2 is 1.46 bits per heavy atom. The number of unbranched alkanes of at least 4 members (excludes halogenated alkanes) is 2. The number of hydrogen-bond acceptors (Lipinski definition) is 0. The van der Waals surface area contributed by atoms with Gasteiger partial charge in [0.25, 0.3) is 0 Å². The van der Waals surface area contributed by atoms with E-state index in [0.717, 1.165) is 40.1 Å². The fraction of sp³-hybridized carbons (Fsp3) is 0.281. The van der Waals surface area contributed by atoms with Crippen molar-refractivity contribution >= 4 is 34.0 Å². The van der Waals surface area contributed by atoms with Crippen molar-refractivity contribution in [3.63, 3.8) is 0 Å². The first-order chi connectivity index (χ1) is 16.4. The average Bonchev–Trinajstić information content (AvgIpc) is 3.48. The molecular weight excluding hydrogens is 503 g/mol. The van der Waals surface area contributed by atoms with Gasteiger partial charge < -0.3 is 13.8 Å². The third-order valence-corrected chi connectivity index (χ3v) is 6.17. The topological polar surface area (TPSA) is 0 Å².